The molecular weight excluding hydrogens is 418 g/mol. The standard InChI is InChI=1S/C24H35N7O2/c1-16(2)15-33-24(32)31-19-5-6-20(31)14-29(13-19)21-7-8-27-30-12-18(9-22(21)30)17(11-25)10-23(26)28(3)4/h7-12,16,19-20H,5-6,13-15,25-26H2,1-4H3/b17-11+,23-10+. The number of hydrogen-bond acceptors (Lipinski definition) is 7. The first kappa shape index (κ1) is 22.8. The smallest absolute Gasteiger partial charge is 0.410 e. The van der Waals surface area contributed by atoms with Crippen LogP contribution in [0.5, 0.6) is 0 Å². The van der Waals surface area contributed by atoms with Gasteiger partial charge in [0.05, 0.1) is 35.7 Å². The van der Waals surface area contributed by atoms with E-state index in [1.54, 1.807) is 6.20 Å². The molecule has 0 aliphatic carbocycles. The number of allylic oxidation sites excluding steroid dienone is 2. The highest BCUT2D eigenvalue weighted by Crippen LogP contribution is 2.35. The minimum absolute atomic E-state index is 0.161. The lowest BCUT2D eigenvalue weighted by Gasteiger charge is -2.41. The average Bonchev–Trinajstić information content (AvgIpc) is 3.33. The predicted octanol–water partition coefficient (Wildman–Crippen LogP) is 2.44. The van der Waals surface area contributed by atoms with Crippen molar-refractivity contribution in [2.75, 3.05) is 38.7 Å². The van der Waals surface area contributed by atoms with Crippen molar-refractivity contribution in [3.63, 3.8) is 0 Å². The molecule has 9 heteroatoms. The van der Waals surface area contributed by atoms with Gasteiger partial charge in [0.1, 0.15) is 0 Å². The Morgan fingerprint density at radius 1 is 1.30 bits per heavy atom. The summed E-state index contributed by atoms with van der Waals surface area (Å²) in [6.07, 6.45) is 9.02. The van der Waals surface area contributed by atoms with Crippen molar-refractivity contribution in [2.45, 2.75) is 38.8 Å². The molecule has 9 nitrogen and oxygen atoms in total. The van der Waals surface area contributed by atoms with Crippen LogP contribution in [0.1, 0.15) is 32.3 Å². The third kappa shape index (κ3) is 4.58. The molecule has 0 aromatic carbocycles. The normalized spacial score (nSPS) is 21.2. The number of piperazine rings is 1. The molecule has 178 valence electrons. The maximum absolute atomic E-state index is 12.7. The summed E-state index contributed by atoms with van der Waals surface area (Å²) in [5.74, 6) is 0.948. The van der Waals surface area contributed by atoms with Crippen LogP contribution in [0.4, 0.5) is 10.5 Å². The number of fused-ring (bicyclic) bond motifs is 3. The second kappa shape index (κ2) is 9.25. The third-order valence-electron chi connectivity index (χ3n) is 6.39. The predicted molar refractivity (Wildman–Crippen MR) is 130 cm³/mol. The van der Waals surface area contributed by atoms with Gasteiger partial charge in [0.25, 0.3) is 0 Å². The van der Waals surface area contributed by atoms with E-state index >= 15 is 0 Å². The number of aromatic nitrogens is 2. The van der Waals surface area contributed by atoms with Crippen molar-refractivity contribution in [3.8, 4) is 0 Å². The number of nitrogens with two attached hydrogens (primary N) is 2. The molecule has 0 radical (unpaired) electrons. The second-order valence-corrected chi connectivity index (χ2v) is 9.53. The molecule has 1 amide bonds. The Balaban J connectivity index is 1.58. The molecular formula is C24H35N7O2. The van der Waals surface area contributed by atoms with Crippen LogP contribution in [-0.2, 0) is 4.74 Å². The van der Waals surface area contributed by atoms with Gasteiger partial charge in [0.15, 0.2) is 0 Å². The first-order valence-corrected chi connectivity index (χ1v) is 11.5. The van der Waals surface area contributed by atoms with Crippen LogP contribution in [0.15, 0.2) is 42.6 Å². The monoisotopic (exact) mass is 453 g/mol. The summed E-state index contributed by atoms with van der Waals surface area (Å²) in [4.78, 5) is 18.9. The molecule has 2 aliphatic rings. The number of carbonyl (C=O) groups excluding carboxylic acids is 1. The largest absolute Gasteiger partial charge is 0.449 e. The average molecular weight is 454 g/mol. The summed E-state index contributed by atoms with van der Waals surface area (Å²) in [6, 6.07) is 4.45. The summed E-state index contributed by atoms with van der Waals surface area (Å²) in [7, 11) is 3.78. The quantitative estimate of drug-likeness (QED) is 0.647. The van der Waals surface area contributed by atoms with Gasteiger partial charge in [-0.25, -0.2) is 9.31 Å². The van der Waals surface area contributed by atoms with Crippen LogP contribution in [0, 0.1) is 5.92 Å². The van der Waals surface area contributed by atoms with E-state index in [2.05, 4.69) is 29.9 Å². The van der Waals surface area contributed by atoms with Gasteiger partial charge in [-0.2, -0.15) is 5.10 Å². The van der Waals surface area contributed by atoms with Crippen molar-refractivity contribution >= 4 is 22.9 Å². The van der Waals surface area contributed by atoms with Gasteiger partial charge in [-0.15, -0.1) is 0 Å². The minimum atomic E-state index is -0.177. The fraction of sp³-hybridized carbons (Fsp3) is 0.500. The lowest BCUT2D eigenvalue weighted by atomic mass is 10.1. The Kier molecular flexibility index (Phi) is 6.40. The zero-order chi connectivity index (χ0) is 23.7. The number of amides is 1. The molecule has 2 atom stereocenters. The van der Waals surface area contributed by atoms with Crippen LogP contribution < -0.4 is 16.4 Å². The highest BCUT2D eigenvalue weighted by molar-refractivity contribution is 5.82. The van der Waals surface area contributed by atoms with E-state index in [1.165, 1.54) is 0 Å². The molecule has 2 aromatic rings. The van der Waals surface area contributed by atoms with E-state index in [0.29, 0.717) is 18.3 Å². The second-order valence-electron chi connectivity index (χ2n) is 9.53. The Morgan fingerprint density at radius 2 is 2.00 bits per heavy atom. The number of carbonyl (C=O) groups is 1. The maximum atomic E-state index is 12.7. The summed E-state index contributed by atoms with van der Waals surface area (Å²) in [5, 5.41) is 4.50. The van der Waals surface area contributed by atoms with Crippen molar-refractivity contribution < 1.29 is 9.53 Å². The summed E-state index contributed by atoms with van der Waals surface area (Å²) in [6.45, 7) is 6.12. The Morgan fingerprint density at radius 3 is 2.61 bits per heavy atom. The molecule has 2 fully saturated rings. The molecule has 4 heterocycles. The maximum Gasteiger partial charge on any atom is 0.410 e. The van der Waals surface area contributed by atoms with E-state index in [-0.39, 0.29) is 18.2 Å². The first-order valence-electron chi connectivity index (χ1n) is 11.5. The van der Waals surface area contributed by atoms with E-state index in [9.17, 15) is 4.79 Å². The van der Waals surface area contributed by atoms with Gasteiger partial charge in [0, 0.05) is 56.9 Å². The highest BCUT2D eigenvalue weighted by atomic mass is 16.6. The molecule has 0 saturated carbocycles. The van der Waals surface area contributed by atoms with Crippen LogP contribution in [0.3, 0.4) is 0 Å². The lowest BCUT2D eigenvalue weighted by Crippen LogP contribution is -2.56. The highest BCUT2D eigenvalue weighted by Gasteiger charge is 2.43. The molecule has 4 N–H and O–H groups in total. The fourth-order valence-corrected chi connectivity index (χ4v) is 4.65. The van der Waals surface area contributed by atoms with Crippen molar-refractivity contribution in [2.24, 2.45) is 17.4 Å². The molecule has 4 rings (SSSR count). The van der Waals surface area contributed by atoms with Gasteiger partial charge in [0.2, 0.25) is 0 Å². The van der Waals surface area contributed by atoms with Crippen LogP contribution in [0.2, 0.25) is 0 Å². The minimum Gasteiger partial charge on any atom is -0.449 e. The SMILES string of the molecule is CC(C)COC(=O)N1C2CCC1CN(c1ccnn3cc(C(=C/N)/C=C(\N)N(C)C)cc13)C2. The summed E-state index contributed by atoms with van der Waals surface area (Å²) < 4.78 is 7.42. The van der Waals surface area contributed by atoms with E-state index in [0.717, 1.165) is 48.3 Å². The number of ether oxygens (including phenoxy) is 1. The number of rotatable bonds is 6. The fourth-order valence-electron chi connectivity index (χ4n) is 4.65. The molecule has 2 aromatic heterocycles. The number of nitrogens with zero attached hydrogens (tertiary/aromatic N) is 5. The number of hydrogen-bond donors (Lipinski definition) is 2. The van der Waals surface area contributed by atoms with E-state index < -0.39 is 0 Å². The Hall–Kier alpha value is -3.36. The molecule has 33 heavy (non-hydrogen) atoms. The molecule has 2 aliphatic heterocycles. The van der Waals surface area contributed by atoms with Crippen LogP contribution in [0.25, 0.3) is 11.1 Å². The van der Waals surface area contributed by atoms with Gasteiger partial charge in [-0.05, 0) is 37.0 Å². The zero-order valence-electron chi connectivity index (χ0n) is 19.9. The van der Waals surface area contributed by atoms with Crippen LogP contribution >= 0.6 is 0 Å². The molecule has 2 unspecified atom stereocenters. The van der Waals surface area contributed by atoms with Crippen molar-refractivity contribution in [1.82, 2.24) is 19.4 Å². The lowest BCUT2D eigenvalue weighted by molar-refractivity contribution is 0.0704. The summed E-state index contributed by atoms with van der Waals surface area (Å²) >= 11 is 0. The van der Waals surface area contributed by atoms with Gasteiger partial charge >= 0.3 is 6.09 Å². The molecule has 2 bridgehead atoms. The number of anilines is 1. The van der Waals surface area contributed by atoms with E-state index in [4.69, 9.17) is 16.2 Å². The Bertz CT molecular complexity index is 1060. The van der Waals surface area contributed by atoms with Gasteiger partial charge in [-0.3, -0.25) is 4.90 Å². The Labute approximate surface area is 195 Å². The zero-order valence-corrected chi connectivity index (χ0v) is 19.9. The van der Waals surface area contributed by atoms with Crippen LogP contribution in [-0.4, -0.2) is 71.4 Å². The molecule has 2 saturated heterocycles. The topological polar surface area (TPSA) is 105 Å². The first-order chi connectivity index (χ1) is 15.8. The third-order valence-corrected chi connectivity index (χ3v) is 6.39. The summed E-state index contributed by atoms with van der Waals surface area (Å²) in [5.41, 5.74) is 15.9. The molecule has 0 spiro atoms. The van der Waals surface area contributed by atoms with Crippen molar-refractivity contribution in [1.29, 1.82) is 0 Å². The van der Waals surface area contributed by atoms with Crippen molar-refractivity contribution in [3.05, 3.63) is 48.2 Å². The van der Waals surface area contributed by atoms with Gasteiger partial charge < -0.3 is 26.0 Å². The van der Waals surface area contributed by atoms with Gasteiger partial charge in [-0.1, -0.05) is 13.8 Å². The van der Waals surface area contributed by atoms with E-state index in [1.807, 2.05) is 52.9 Å².